The number of hydrogen-bond acceptors (Lipinski definition) is 6. The first-order chi connectivity index (χ1) is 15.2. The third-order valence-electron chi connectivity index (χ3n) is 5.95. The van der Waals surface area contributed by atoms with Gasteiger partial charge in [-0.3, -0.25) is 9.59 Å². The molecular formula is C23H26N2O5S. The van der Waals surface area contributed by atoms with Crippen molar-refractivity contribution in [3.8, 4) is 11.5 Å². The van der Waals surface area contributed by atoms with E-state index in [0.717, 1.165) is 50.7 Å². The number of ether oxygens (including phenoxy) is 3. The molecule has 2 N–H and O–H groups in total. The number of amides is 2. The summed E-state index contributed by atoms with van der Waals surface area (Å²) < 4.78 is 17.1. The number of thiophene rings is 1. The Labute approximate surface area is 185 Å². The van der Waals surface area contributed by atoms with Crippen LogP contribution in [0.3, 0.4) is 0 Å². The highest BCUT2D eigenvalue weighted by Gasteiger charge is 2.31. The Bertz CT molecular complexity index is 982. The van der Waals surface area contributed by atoms with Crippen molar-refractivity contribution in [2.75, 3.05) is 25.1 Å². The van der Waals surface area contributed by atoms with Crippen molar-refractivity contribution in [1.82, 2.24) is 5.32 Å². The summed E-state index contributed by atoms with van der Waals surface area (Å²) in [5.41, 5.74) is 1.67. The molecule has 8 heteroatoms. The molecule has 7 nitrogen and oxygen atoms in total. The van der Waals surface area contributed by atoms with Gasteiger partial charge in [0.2, 0.25) is 6.10 Å². The van der Waals surface area contributed by atoms with Crippen molar-refractivity contribution < 1.29 is 23.8 Å². The fourth-order valence-electron chi connectivity index (χ4n) is 4.34. The zero-order valence-electron chi connectivity index (χ0n) is 17.3. The van der Waals surface area contributed by atoms with Crippen molar-refractivity contribution in [3.05, 3.63) is 40.3 Å². The molecule has 1 fully saturated rings. The van der Waals surface area contributed by atoms with Crippen LogP contribution in [0, 0.1) is 0 Å². The maximum Gasteiger partial charge on any atom is 0.269 e. The van der Waals surface area contributed by atoms with Crippen LogP contribution in [0.4, 0.5) is 5.00 Å². The van der Waals surface area contributed by atoms with E-state index in [4.69, 9.17) is 14.2 Å². The molecular weight excluding hydrogens is 416 g/mol. The van der Waals surface area contributed by atoms with Gasteiger partial charge in [-0.25, -0.2) is 0 Å². The van der Waals surface area contributed by atoms with Crippen LogP contribution in [0.5, 0.6) is 11.5 Å². The van der Waals surface area contributed by atoms with Gasteiger partial charge in [0, 0.05) is 18.0 Å². The second-order valence-corrected chi connectivity index (χ2v) is 9.22. The average Bonchev–Trinajstić information content (AvgIpc) is 3.44. The van der Waals surface area contributed by atoms with E-state index >= 15 is 0 Å². The molecule has 31 heavy (non-hydrogen) atoms. The van der Waals surface area contributed by atoms with Gasteiger partial charge in [0.05, 0.1) is 11.7 Å². The Kier molecular flexibility index (Phi) is 5.82. The predicted molar refractivity (Wildman–Crippen MR) is 117 cm³/mol. The number of carbonyl (C=O) groups excluding carboxylic acids is 2. The molecule has 1 saturated heterocycles. The molecule has 2 amide bonds. The molecule has 3 heterocycles. The Balaban J connectivity index is 1.33. The fraction of sp³-hybridized carbons (Fsp3) is 0.478. The van der Waals surface area contributed by atoms with Gasteiger partial charge in [0.1, 0.15) is 11.6 Å². The Morgan fingerprint density at radius 1 is 1.10 bits per heavy atom. The van der Waals surface area contributed by atoms with E-state index in [1.807, 2.05) is 18.2 Å². The Morgan fingerprint density at radius 3 is 2.77 bits per heavy atom. The number of benzene rings is 1. The van der Waals surface area contributed by atoms with Crippen LogP contribution in [0.15, 0.2) is 24.3 Å². The molecule has 1 aromatic heterocycles. The second kappa shape index (κ2) is 8.88. The summed E-state index contributed by atoms with van der Waals surface area (Å²) in [6, 6.07) is 7.29. The third-order valence-corrected chi connectivity index (χ3v) is 7.16. The summed E-state index contributed by atoms with van der Waals surface area (Å²) in [6.07, 6.45) is 5.27. The van der Waals surface area contributed by atoms with Crippen molar-refractivity contribution in [1.29, 1.82) is 0 Å². The average molecular weight is 443 g/mol. The van der Waals surface area contributed by atoms with Gasteiger partial charge in [-0.2, -0.15) is 0 Å². The minimum Gasteiger partial charge on any atom is -0.485 e. The summed E-state index contributed by atoms with van der Waals surface area (Å²) in [5, 5.41) is 6.58. The lowest BCUT2D eigenvalue weighted by Gasteiger charge is -2.25. The van der Waals surface area contributed by atoms with Gasteiger partial charge in [-0.1, -0.05) is 12.1 Å². The van der Waals surface area contributed by atoms with Crippen LogP contribution in [-0.4, -0.2) is 43.8 Å². The van der Waals surface area contributed by atoms with Gasteiger partial charge in [0.25, 0.3) is 11.8 Å². The maximum atomic E-state index is 13.1. The van der Waals surface area contributed by atoms with E-state index in [1.54, 1.807) is 6.07 Å². The first kappa shape index (κ1) is 20.3. The number of aryl methyl sites for hydroxylation is 1. The number of carbonyl (C=O) groups is 2. The number of hydrogen-bond donors (Lipinski definition) is 2. The summed E-state index contributed by atoms with van der Waals surface area (Å²) >= 11 is 1.51. The van der Waals surface area contributed by atoms with Crippen LogP contribution >= 0.6 is 11.3 Å². The van der Waals surface area contributed by atoms with Crippen LogP contribution in [0.1, 0.15) is 46.5 Å². The van der Waals surface area contributed by atoms with E-state index in [9.17, 15) is 9.59 Å². The first-order valence-electron chi connectivity index (χ1n) is 10.9. The van der Waals surface area contributed by atoms with Crippen molar-refractivity contribution in [3.63, 3.8) is 0 Å². The zero-order chi connectivity index (χ0) is 21.2. The maximum absolute atomic E-state index is 13.1. The molecule has 164 valence electrons. The molecule has 2 aliphatic heterocycles. The van der Waals surface area contributed by atoms with Gasteiger partial charge in [0.15, 0.2) is 11.5 Å². The van der Waals surface area contributed by atoms with Gasteiger partial charge in [-0.15, -0.1) is 11.3 Å². The minimum atomic E-state index is -0.767. The first-order valence-corrected chi connectivity index (χ1v) is 11.7. The quantitative estimate of drug-likeness (QED) is 0.742. The lowest BCUT2D eigenvalue weighted by Crippen LogP contribution is -2.40. The second-order valence-electron chi connectivity index (χ2n) is 8.11. The standard InChI is InChI=1S/C23H26N2O5S/c26-21(18-13-29-16-8-2-3-9-17(16)30-18)25-23-20(15-7-1-4-10-19(15)31-23)22(27)24-12-14-6-5-11-28-14/h2-3,8-9,14,18H,1,4-7,10-13H2,(H,24,27)(H,25,26)/t14-,18+/m1/s1. The smallest absolute Gasteiger partial charge is 0.269 e. The zero-order valence-corrected chi connectivity index (χ0v) is 18.1. The summed E-state index contributed by atoms with van der Waals surface area (Å²) in [4.78, 5) is 27.3. The van der Waals surface area contributed by atoms with Gasteiger partial charge < -0.3 is 24.8 Å². The minimum absolute atomic E-state index is 0.0734. The van der Waals surface area contributed by atoms with Crippen LogP contribution in [0.25, 0.3) is 0 Å². The molecule has 2 atom stereocenters. The lowest BCUT2D eigenvalue weighted by molar-refractivity contribution is -0.125. The van der Waals surface area contributed by atoms with E-state index < -0.39 is 6.10 Å². The van der Waals surface area contributed by atoms with Crippen LogP contribution < -0.4 is 20.1 Å². The molecule has 3 aliphatic rings. The number of nitrogens with one attached hydrogen (secondary N) is 2. The van der Waals surface area contributed by atoms with E-state index in [0.29, 0.717) is 28.6 Å². The van der Waals surface area contributed by atoms with Crippen LogP contribution in [-0.2, 0) is 22.4 Å². The monoisotopic (exact) mass is 442 g/mol. The summed E-state index contributed by atoms with van der Waals surface area (Å²) in [7, 11) is 0. The Morgan fingerprint density at radius 2 is 1.94 bits per heavy atom. The highest BCUT2D eigenvalue weighted by Crippen LogP contribution is 2.39. The number of rotatable bonds is 5. The number of para-hydroxylation sites is 2. The molecule has 1 aromatic carbocycles. The van der Waals surface area contributed by atoms with Crippen LogP contribution in [0.2, 0.25) is 0 Å². The van der Waals surface area contributed by atoms with Crippen molar-refractivity contribution in [2.45, 2.75) is 50.7 Å². The molecule has 0 saturated carbocycles. The molecule has 0 bridgehead atoms. The molecule has 1 aliphatic carbocycles. The lowest BCUT2D eigenvalue weighted by atomic mass is 9.95. The van der Waals surface area contributed by atoms with Crippen molar-refractivity contribution in [2.24, 2.45) is 0 Å². The fourth-order valence-corrected chi connectivity index (χ4v) is 5.63. The number of anilines is 1. The largest absolute Gasteiger partial charge is 0.485 e. The molecule has 5 rings (SSSR count). The molecule has 0 spiro atoms. The van der Waals surface area contributed by atoms with E-state index in [-0.39, 0.29) is 24.5 Å². The predicted octanol–water partition coefficient (Wildman–Crippen LogP) is 3.31. The number of fused-ring (bicyclic) bond motifs is 2. The normalized spacial score (nSPS) is 21.9. The van der Waals surface area contributed by atoms with E-state index in [2.05, 4.69) is 10.6 Å². The summed E-state index contributed by atoms with van der Waals surface area (Å²) in [6.45, 7) is 1.38. The third kappa shape index (κ3) is 4.27. The topological polar surface area (TPSA) is 85.9 Å². The van der Waals surface area contributed by atoms with Crippen molar-refractivity contribution >= 4 is 28.2 Å². The van der Waals surface area contributed by atoms with Gasteiger partial charge in [-0.05, 0) is 56.2 Å². The Hall–Kier alpha value is -2.58. The SMILES string of the molecule is O=C(NC[C@H]1CCCO1)c1c(NC(=O)[C@@H]2COc3ccccc3O2)sc2c1CCCC2. The molecule has 2 aromatic rings. The van der Waals surface area contributed by atoms with E-state index in [1.165, 1.54) is 16.2 Å². The molecule has 0 radical (unpaired) electrons. The summed E-state index contributed by atoms with van der Waals surface area (Å²) in [5.74, 6) is 0.735. The molecule has 0 unspecified atom stereocenters. The highest BCUT2D eigenvalue weighted by atomic mass is 32.1. The van der Waals surface area contributed by atoms with Gasteiger partial charge >= 0.3 is 0 Å². The highest BCUT2D eigenvalue weighted by molar-refractivity contribution is 7.17.